The minimum Gasteiger partial charge on any atom is -0.466 e. The van der Waals surface area contributed by atoms with Crippen molar-refractivity contribution < 1.29 is 9.53 Å². The molecule has 0 aliphatic carbocycles. The molecule has 0 bridgehead atoms. The molecule has 3 nitrogen and oxygen atoms in total. The van der Waals surface area contributed by atoms with Crippen LogP contribution in [0.5, 0.6) is 0 Å². The summed E-state index contributed by atoms with van der Waals surface area (Å²) in [5.74, 6) is 0.995. The minimum atomic E-state index is -0.101. The number of carbonyl (C=O) groups is 1. The Labute approximate surface area is 91.2 Å². The summed E-state index contributed by atoms with van der Waals surface area (Å²) in [5.41, 5.74) is 0. The van der Waals surface area contributed by atoms with Crippen LogP contribution < -0.4 is 0 Å². The number of nitrogens with zero attached hydrogens (tertiary/aromatic N) is 1. The first-order valence-corrected chi connectivity index (χ1v) is 6.36. The quantitative estimate of drug-likeness (QED) is 0.609. The number of carbonyl (C=O) groups excluding carboxylic acids is 1. The number of thioether (sulfide) groups is 1. The molecule has 84 valence electrons. The van der Waals surface area contributed by atoms with Crippen LogP contribution in [0.2, 0.25) is 0 Å². The highest BCUT2D eigenvalue weighted by Gasteiger charge is 2.10. The highest BCUT2D eigenvalue weighted by Crippen LogP contribution is 2.04. The van der Waals surface area contributed by atoms with E-state index in [0.29, 0.717) is 19.1 Å². The lowest BCUT2D eigenvalue weighted by molar-refractivity contribution is -0.143. The highest BCUT2D eigenvalue weighted by molar-refractivity contribution is 7.98. The van der Waals surface area contributed by atoms with Gasteiger partial charge in [0.25, 0.3) is 0 Å². The number of esters is 1. The molecule has 0 saturated heterocycles. The molecular formula is C10H21NO2S. The summed E-state index contributed by atoms with van der Waals surface area (Å²) in [6, 6.07) is 0.513. The van der Waals surface area contributed by atoms with Gasteiger partial charge < -0.3 is 9.64 Å². The molecule has 0 aromatic carbocycles. The molecular weight excluding hydrogens is 198 g/mol. The maximum Gasteiger partial charge on any atom is 0.307 e. The van der Waals surface area contributed by atoms with E-state index in [9.17, 15) is 4.79 Å². The molecule has 0 rings (SSSR count). The Morgan fingerprint density at radius 1 is 1.57 bits per heavy atom. The average molecular weight is 219 g/mol. The molecule has 0 radical (unpaired) electrons. The van der Waals surface area contributed by atoms with Crippen molar-refractivity contribution in [3.63, 3.8) is 0 Å². The first-order valence-electron chi connectivity index (χ1n) is 4.96. The van der Waals surface area contributed by atoms with Crippen molar-refractivity contribution in [1.82, 2.24) is 4.90 Å². The minimum absolute atomic E-state index is 0.101. The first-order chi connectivity index (χ1) is 6.61. The molecule has 0 aromatic heterocycles. The smallest absolute Gasteiger partial charge is 0.307 e. The maximum atomic E-state index is 11.1. The van der Waals surface area contributed by atoms with Crippen molar-refractivity contribution in [2.24, 2.45) is 0 Å². The van der Waals surface area contributed by atoms with E-state index in [4.69, 9.17) is 4.74 Å². The van der Waals surface area contributed by atoms with Crippen molar-refractivity contribution in [3.8, 4) is 0 Å². The fourth-order valence-corrected chi connectivity index (χ4v) is 1.83. The van der Waals surface area contributed by atoms with E-state index in [-0.39, 0.29) is 5.97 Å². The fourth-order valence-electron chi connectivity index (χ4n) is 1.09. The number of rotatable bonds is 7. The summed E-state index contributed by atoms with van der Waals surface area (Å²) in [4.78, 5) is 13.3. The molecule has 14 heavy (non-hydrogen) atoms. The molecule has 0 spiro atoms. The van der Waals surface area contributed by atoms with E-state index < -0.39 is 0 Å². The summed E-state index contributed by atoms with van der Waals surface area (Å²) in [7, 11) is 2.04. The van der Waals surface area contributed by atoms with Crippen molar-refractivity contribution >= 4 is 17.7 Å². The summed E-state index contributed by atoms with van der Waals surface area (Å²) >= 11 is 1.82. The van der Waals surface area contributed by atoms with Crippen LogP contribution in [0.1, 0.15) is 20.3 Å². The lowest BCUT2D eigenvalue weighted by atomic mass is 10.3. The normalized spacial score (nSPS) is 12.9. The van der Waals surface area contributed by atoms with Crippen LogP contribution in [0.4, 0.5) is 0 Å². The lowest BCUT2D eigenvalue weighted by Gasteiger charge is -2.23. The van der Waals surface area contributed by atoms with E-state index in [2.05, 4.69) is 18.1 Å². The average Bonchev–Trinajstić information content (AvgIpc) is 2.15. The number of hydrogen-bond donors (Lipinski definition) is 0. The highest BCUT2D eigenvalue weighted by atomic mass is 32.2. The summed E-state index contributed by atoms with van der Waals surface area (Å²) in [5, 5.41) is 0. The van der Waals surface area contributed by atoms with Gasteiger partial charge in [0, 0.05) is 18.3 Å². The van der Waals surface area contributed by atoms with Gasteiger partial charge in [-0.1, -0.05) is 0 Å². The zero-order valence-electron chi connectivity index (χ0n) is 9.58. The summed E-state index contributed by atoms with van der Waals surface area (Å²) in [6.45, 7) is 5.25. The van der Waals surface area contributed by atoms with E-state index in [1.165, 1.54) is 0 Å². The molecule has 0 aliphatic rings. The lowest BCUT2D eigenvalue weighted by Crippen LogP contribution is -2.33. The third-order valence-corrected chi connectivity index (χ3v) is 2.95. The molecule has 1 atom stereocenters. The SMILES string of the molecule is CCOC(=O)CCN(C)C(C)CSC. The van der Waals surface area contributed by atoms with E-state index in [1.807, 2.05) is 25.7 Å². The molecule has 0 amide bonds. The molecule has 0 saturated carbocycles. The molecule has 0 N–H and O–H groups in total. The van der Waals surface area contributed by atoms with Gasteiger partial charge in [0.1, 0.15) is 0 Å². The van der Waals surface area contributed by atoms with Gasteiger partial charge in [-0.25, -0.2) is 0 Å². The predicted octanol–water partition coefficient (Wildman–Crippen LogP) is 1.62. The Morgan fingerprint density at radius 2 is 2.21 bits per heavy atom. The fraction of sp³-hybridized carbons (Fsp3) is 0.900. The zero-order valence-corrected chi connectivity index (χ0v) is 10.4. The molecule has 0 aliphatic heterocycles. The van der Waals surface area contributed by atoms with E-state index in [0.717, 1.165) is 12.3 Å². The third kappa shape index (κ3) is 6.27. The van der Waals surface area contributed by atoms with Gasteiger partial charge >= 0.3 is 5.97 Å². The molecule has 0 fully saturated rings. The Bertz CT molecular complexity index is 164. The van der Waals surface area contributed by atoms with Gasteiger partial charge in [-0.3, -0.25) is 4.79 Å². The van der Waals surface area contributed by atoms with Crippen molar-refractivity contribution in [2.75, 3.05) is 32.2 Å². The monoisotopic (exact) mass is 219 g/mol. The van der Waals surface area contributed by atoms with Gasteiger partial charge in [-0.2, -0.15) is 11.8 Å². The Hall–Kier alpha value is -0.220. The number of hydrogen-bond acceptors (Lipinski definition) is 4. The first kappa shape index (κ1) is 13.8. The Kier molecular flexibility index (Phi) is 7.99. The van der Waals surface area contributed by atoms with Gasteiger partial charge in [0.05, 0.1) is 13.0 Å². The molecule has 4 heteroatoms. The summed E-state index contributed by atoms with van der Waals surface area (Å²) < 4.78 is 4.86. The second kappa shape index (κ2) is 8.12. The van der Waals surface area contributed by atoms with E-state index in [1.54, 1.807) is 0 Å². The zero-order chi connectivity index (χ0) is 11.0. The summed E-state index contributed by atoms with van der Waals surface area (Å²) in [6.07, 6.45) is 2.58. The Morgan fingerprint density at radius 3 is 2.71 bits per heavy atom. The molecule has 0 aromatic rings. The Balaban J connectivity index is 3.61. The topological polar surface area (TPSA) is 29.5 Å². The largest absolute Gasteiger partial charge is 0.466 e. The molecule has 1 unspecified atom stereocenters. The van der Waals surface area contributed by atoms with Crippen LogP contribution in [0.15, 0.2) is 0 Å². The van der Waals surface area contributed by atoms with Gasteiger partial charge in [0.2, 0.25) is 0 Å². The maximum absolute atomic E-state index is 11.1. The van der Waals surface area contributed by atoms with Crippen LogP contribution >= 0.6 is 11.8 Å². The second-order valence-corrected chi connectivity index (χ2v) is 4.25. The van der Waals surface area contributed by atoms with Crippen molar-refractivity contribution in [3.05, 3.63) is 0 Å². The van der Waals surface area contributed by atoms with Crippen LogP contribution in [-0.4, -0.2) is 49.1 Å². The van der Waals surface area contributed by atoms with Crippen molar-refractivity contribution in [1.29, 1.82) is 0 Å². The van der Waals surface area contributed by atoms with Crippen LogP contribution in [0.25, 0.3) is 0 Å². The van der Waals surface area contributed by atoms with Gasteiger partial charge in [-0.05, 0) is 27.2 Å². The molecule has 0 heterocycles. The van der Waals surface area contributed by atoms with Crippen LogP contribution in [0, 0.1) is 0 Å². The number of ether oxygens (including phenoxy) is 1. The van der Waals surface area contributed by atoms with Gasteiger partial charge in [-0.15, -0.1) is 0 Å². The van der Waals surface area contributed by atoms with Gasteiger partial charge in [0.15, 0.2) is 0 Å². The predicted molar refractivity (Wildman–Crippen MR) is 61.7 cm³/mol. The standard InChI is InChI=1S/C10H21NO2S/c1-5-13-10(12)6-7-11(3)9(2)8-14-4/h9H,5-8H2,1-4H3. The van der Waals surface area contributed by atoms with Crippen LogP contribution in [-0.2, 0) is 9.53 Å². The van der Waals surface area contributed by atoms with Crippen LogP contribution in [0.3, 0.4) is 0 Å². The second-order valence-electron chi connectivity index (χ2n) is 3.34. The third-order valence-electron chi connectivity index (χ3n) is 2.13. The van der Waals surface area contributed by atoms with Crippen molar-refractivity contribution in [2.45, 2.75) is 26.3 Å². The van der Waals surface area contributed by atoms with E-state index >= 15 is 0 Å².